The number of carbonyl (C=O) groups excluding carboxylic acids is 1. The van der Waals surface area contributed by atoms with E-state index in [1.807, 2.05) is 20.8 Å². The van der Waals surface area contributed by atoms with E-state index >= 15 is 0 Å². The van der Waals surface area contributed by atoms with Gasteiger partial charge in [0.1, 0.15) is 0 Å². The van der Waals surface area contributed by atoms with Crippen molar-refractivity contribution in [1.82, 2.24) is 0 Å². The average molecular weight is 315 g/mol. The fraction of sp³-hybridized carbons (Fsp3) is 0.562. The van der Waals surface area contributed by atoms with Crippen LogP contribution in [0.4, 0.5) is 14.5 Å². The van der Waals surface area contributed by atoms with Crippen molar-refractivity contribution >= 4 is 23.4 Å². The molecule has 0 aliphatic carbocycles. The maximum atomic E-state index is 14.3. The van der Waals surface area contributed by atoms with Crippen LogP contribution in [0.25, 0.3) is 0 Å². The number of nitrogens with zero attached hydrogens (tertiary/aromatic N) is 1. The number of alkyl halides is 2. The van der Waals surface area contributed by atoms with Gasteiger partial charge in [0.05, 0.1) is 5.75 Å². The molecule has 0 aromatic heterocycles. The van der Waals surface area contributed by atoms with Crippen LogP contribution in [0.15, 0.2) is 18.2 Å². The van der Waals surface area contributed by atoms with Gasteiger partial charge in [0.15, 0.2) is 0 Å². The van der Waals surface area contributed by atoms with Gasteiger partial charge in [-0.3, -0.25) is 4.79 Å². The van der Waals surface area contributed by atoms with Gasteiger partial charge < -0.3 is 4.90 Å². The van der Waals surface area contributed by atoms with E-state index in [-0.39, 0.29) is 22.0 Å². The molecule has 0 fully saturated rings. The van der Waals surface area contributed by atoms with Crippen molar-refractivity contribution in [3.05, 3.63) is 29.3 Å². The number of halogens is 2. The molecule has 1 aromatic rings. The minimum absolute atomic E-state index is 0.0277. The first-order valence-corrected chi connectivity index (χ1v) is 7.80. The molecule has 5 heteroatoms. The normalized spacial score (nSPS) is 12.4. The van der Waals surface area contributed by atoms with Gasteiger partial charge in [-0.2, -0.15) is 0 Å². The van der Waals surface area contributed by atoms with Crippen LogP contribution in [-0.4, -0.2) is 23.5 Å². The zero-order chi connectivity index (χ0) is 16.4. The molecule has 0 saturated heterocycles. The molecular formula is C16H23F2NOS. The summed E-state index contributed by atoms with van der Waals surface area (Å²) in [6.07, 6.45) is 0. The molecule has 0 N–H and O–H groups in total. The molecular weight excluding hydrogens is 292 g/mol. The summed E-state index contributed by atoms with van der Waals surface area (Å²) in [4.78, 5) is 12.8. The first-order chi connectivity index (χ1) is 9.44. The van der Waals surface area contributed by atoms with E-state index in [4.69, 9.17) is 0 Å². The third-order valence-electron chi connectivity index (χ3n) is 3.15. The molecule has 0 spiro atoms. The molecule has 0 aliphatic heterocycles. The Kier molecular flexibility index (Phi) is 5.42. The zero-order valence-corrected chi connectivity index (χ0v) is 14.3. The second-order valence-corrected chi connectivity index (χ2v) is 7.98. The standard InChI is InChI=1S/C16H23F2NOS/c1-11-9-13(19(6)12(2)20)7-8-14(11)16(17,18)10-21-15(3,4)5/h7-9H,10H2,1-6H3. The first-order valence-electron chi connectivity index (χ1n) is 6.81. The van der Waals surface area contributed by atoms with Gasteiger partial charge in [0, 0.05) is 30.0 Å². The third-order valence-corrected chi connectivity index (χ3v) is 4.52. The van der Waals surface area contributed by atoms with Crippen LogP contribution >= 0.6 is 11.8 Å². The second-order valence-electron chi connectivity index (χ2n) is 6.18. The molecule has 0 heterocycles. The fourth-order valence-electron chi connectivity index (χ4n) is 1.83. The summed E-state index contributed by atoms with van der Waals surface area (Å²) in [5.41, 5.74) is 1.16. The van der Waals surface area contributed by atoms with Crippen molar-refractivity contribution in [3.63, 3.8) is 0 Å². The van der Waals surface area contributed by atoms with E-state index < -0.39 is 5.92 Å². The maximum absolute atomic E-state index is 14.3. The number of benzene rings is 1. The zero-order valence-electron chi connectivity index (χ0n) is 13.5. The second kappa shape index (κ2) is 6.34. The van der Waals surface area contributed by atoms with E-state index in [1.165, 1.54) is 29.7 Å². The number of aryl methyl sites for hydroxylation is 1. The number of rotatable bonds is 4. The molecule has 2 nitrogen and oxygen atoms in total. The molecule has 1 aromatic carbocycles. The predicted molar refractivity (Wildman–Crippen MR) is 86.4 cm³/mol. The van der Waals surface area contributed by atoms with Crippen LogP contribution in [0.5, 0.6) is 0 Å². The molecule has 0 atom stereocenters. The van der Waals surface area contributed by atoms with Crippen LogP contribution < -0.4 is 4.90 Å². The lowest BCUT2D eigenvalue weighted by molar-refractivity contribution is -0.116. The number of carbonyl (C=O) groups is 1. The van der Waals surface area contributed by atoms with Gasteiger partial charge in [-0.1, -0.05) is 26.8 Å². The highest BCUT2D eigenvalue weighted by Crippen LogP contribution is 2.38. The van der Waals surface area contributed by atoms with Crippen molar-refractivity contribution in [3.8, 4) is 0 Å². The highest BCUT2D eigenvalue weighted by atomic mass is 32.2. The minimum atomic E-state index is -2.88. The quantitative estimate of drug-likeness (QED) is 0.809. The Balaban J connectivity index is 3.01. The van der Waals surface area contributed by atoms with Crippen molar-refractivity contribution in [2.24, 2.45) is 0 Å². The summed E-state index contributed by atoms with van der Waals surface area (Å²) in [7, 11) is 1.63. The van der Waals surface area contributed by atoms with Gasteiger partial charge in [-0.15, -0.1) is 11.8 Å². The number of amides is 1. The smallest absolute Gasteiger partial charge is 0.282 e. The Morgan fingerprint density at radius 3 is 2.29 bits per heavy atom. The lowest BCUT2D eigenvalue weighted by Crippen LogP contribution is -2.24. The van der Waals surface area contributed by atoms with Crippen LogP contribution in [0.1, 0.15) is 38.8 Å². The first kappa shape index (κ1) is 18.0. The van der Waals surface area contributed by atoms with Crippen molar-refractivity contribution < 1.29 is 13.6 Å². The topological polar surface area (TPSA) is 20.3 Å². The van der Waals surface area contributed by atoms with E-state index in [0.29, 0.717) is 11.3 Å². The van der Waals surface area contributed by atoms with Crippen molar-refractivity contribution in [2.45, 2.75) is 45.3 Å². The molecule has 1 amide bonds. The highest BCUT2D eigenvalue weighted by molar-refractivity contribution is 8.00. The molecule has 21 heavy (non-hydrogen) atoms. The average Bonchev–Trinajstić information content (AvgIpc) is 2.34. The van der Waals surface area contributed by atoms with Gasteiger partial charge in [-0.25, -0.2) is 8.78 Å². The minimum Gasteiger partial charge on any atom is -0.316 e. The van der Waals surface area contributed by atoms with Gasteiger partial charge in [-0.05, 0) is 24.6 Å². The summed E-state index contributed by atoms with van der Waals surface area (Å²) in [5, 5.41) is 0. The third kappa shape index (κ3) is 4.99. The number of thioether (sulfide) groups is 1. The van der Waals surface area contributed by atoms with E-state index in [1.54, 1.807) is 26.1 Å². The fourth-order valence-corrected chi connectivity index (χ4v) is 2.60. The van der Waals surface area contributed by atoms with Gasteiger partial charge in [0.2, 0.25) is 5.91 Å². The summed E-state index contributed by atoms with van der Waals surface area (Å²) in [6.45, 7) is 8.86. The van der Waals surface area contributed by atoms with Crippen LogP contribution in [0, 0.1) is 6.92 Å². The Morgan fingerprint density at radius 1 is 1.29 bits per heavy atom. The summed E-state index contributed by atoms with van der Waals surface area (Å²) >= 11 is 1.24. The monoisotopic (exact) mass is 315 g/mol. The highest BCUT2D eigenvalue weighted by Gasteiger charge is 2.34. The lowest BCUT2D eigenvalue weighted by atomic mass is 10.0. The predicted octanol–water partition coefficient (Wildman–Crippen LogP) is 4.60. The van der Waals surface area contributed by atoms with Crippen LogP contribution in [0.2, 0.25) is 0 Å². The van der Waals surface area contributed by atoms with Gasteiger partial charge in [0.25, 0.3) is 5.92 Å². The summed E-state index contributed by atoms with van der Waals surface area (Å²) < 4.78 is 28.5. The number of anilines is 1. The van der Waals surface area contributed by atoms with Gasteiger partial charge >= 0.3 is 0 Å². The van der Waals surface area contributed by atoms with Crippen molar-refractivity contribution in [2.75, 3.05) is 17.7 Å². The largest absolute Gasteiger partial charge is 0.316 e. The Morgan fingerprint density at radius 2 is 1.86 bits per heavy atom. The SMILES string of the molecule is CC(=O)N(C)c1ccc(C(F)(F)CSC(C)(C)C)c(C)c1. The maximum Gasteiger partial charge on any atom is 0.282 e. The van der Waals surface area contributed by atoms with Crippen molar-refractivity contribution in [1.29, 1.82) is 0 Å². The van der Waals surface area contributed by atoms with Crippen LogP contribution in [0.3, 0.4) is 0 Å². The Hall–Kier alpha value is -1.10. The summed E-state index contributed by atoms with van der Waals surface area (Å²) in [5.74, 6) is -3.26. The molecule has 0 aliphatic rings. The molecule has 0 bridgehead atoms. The van der Waals surface area contributed by atoms with E-state index in [0.717, 1.165) is 0 Å². The Labute approximate surface area is 129 Å². The number of hydrogen-bond donors (Lipinski definition) is 0. The molecule has 1 rings (SSSR count). The lowest BCUT2D eigenvalue weighted by Gasteiger charge is -2.25. The molecule has 118 valence electrons. The Bertz CT molecular complexity index is 523. The van der Waals surface area contributed by atoms with E-state index in [2.05, 4.69) is 0 Å². The number of hydrogen-bond acceptors (Lipinski definition) is 2. The van der Waals surface area contributed by atoms with E-state index in [9.17, 15) is 13.6 Å². The molecule has 0 saturated carbocycles. The molecule has 0 unspecified atom stereocenters. The molecule has 0 radical (unpaired) electrons. The van der Waals surface area contributed by atoms with Crippen LogP contribution in [-0.2, 0) is 10.7 Å². The summed E-state index contributed by atoms with van der Waals surface area (Å²) in [6, 6.07) is 4.62.